The zero-order chi connectivity index (χ0) is 16.2. The van der Waals surface area contributed by atoms with Crippen LogP contribution in [0.15, 0.2) is 42.5 Å². The lowest BCUT2D eigenvalue weighted by Gasteiger charge is -2.30. The van der Waals surface area contributed by atoms with Crippen molar-refractivity contribution in [3.8, 4) is 0 Å². The normalized spacial score (nSPS) is 14.6. The highest BCUT2D eigenvalue weighted by atomic mass is 35.5. The first-order chi connectivity index (χ1) is 11.1. The van der Waals surface area contributed by atoms with Gasteiger partial charge in [-0.3, -0.25) is 4.79 Å². The molecule has 0 radical (unpaired) electrons. The number of anilines is 2. The minimum atomic E-state index is -0.395. The Morgan fingerprint density at radius 2 is 1.83 bits per heavy atom. The van der Waals surface area contributed by atoms with E-state index in [1.54, 1.807) is 30.3 Å². The molecule has 23 heavy (non-hydrogen) atoms. The zero-order valence-electron chi connectivity index (χ0n) is 12.4. The van der Waals surface area contributed by atoms with Crippen LogP contribution in [0.1, 0.15) is 10.4 Å². The van der Waals surface area contributed by atoms with Gasteiger partial charge >= 0.3 is 0 Å². The maximum Gasteiger partial charge on any atom is 0.255 e. The molecule has 1 saturated heterocycles. The summed E-state index contributed by atoms with van der Waals surface area (Å²) in [6.07, 6.45) is 0. The molecule has 2 aromatic carbocycles. The van der Waals surface area contributed by atoms with E-state index in [0.29, 0.717) is 42.6 Å². The van der Waals surface area contributed by atoms with Gasteiger partial charge in [-0.15, -0.1) is 0 Å². The van der Waals surface area contributed by atoms with Gasteiger partial charge in [-0.25, -0.2) is 4.39 Å². The average molecular weight is 335 g/mol. The van der Waals surface area contributed by atoms with Crippen molar-refractivity contribution in [3.63, 3.8) is 0 Å². The van der Waals surface area contributed by atoms with Gasteiger partial charge in [-0.05, 0) is 42.5 Å². The second kappa shape index (κ2) is 6.98. The van der Waals surface area contributed by atoms with Crippen LogP contribution in [0.2, 0.25) is 5.02 Å². The lowest BCUT2D eigenvalue weighted by molar-refractivity contribution is 0.102. The van der Waals surface area contributed by atoms with Crippen LogP contribution in [0.4, 0.5) is 15.8 Å². The first kappa shape index (κ1) is 15.8. The minimum absolute atomic E-state index is 0.304. The van der Waals surface area contributed by atoms with Gasteiger partial charge < -0.3 is 15.0 Å². The number of nitrogens with zero attached hydrogens (tertiary/aromatic N) is 1. The van der Waals surface area contributed by atoms with Crippen molar-refractivity contribution in [1.82, 2.24) is 0 Å². The standard InChI is InChI=1S/C17H16ClFN2O2/c18-13-3-1-12(2-4-13)17(22)20-15-11-14(19)5-6-16(15)21-7-9-23-10-8-21/h1-6,11H,7-10H2,(H,20,22). The molecule has 0 atom stereocenters. The molecule has 1 aliphatic rings. The maximum absolute atomic E-state index is 13.6. The molecule has 1 aliphatic heterocycles. The van der Waals surface area contributed by atoms with Crippen LogP contribution in [0.3, 0.4) is 0 Å². The van der Waals surface area contributed by atoms with E-state index in [4.69, 9.17) is 16.3 Å². The zero-order valence-corrected chi connectivity index (χ0v) is 13.1. The highest BCUT2D eigenvalue weighted by molar-refractivity contribution is 6.30. The Hall–Kier alpha value is -2.11. The van der Waals surface area contributed by atoms with Gasteiger partial charge in [0.1, 0.15) is 5.82 Å². The van der Waals surface area contributed by atoms with Crippen LogP contribution in [0.5, 0.6) is 0 Å². The molecule has 0 aromatic heterocycles. The number of amides is 1. The summed E-state index contributed by atoms with van der Waals surface area (Å²) in [5.74, 6) is -0.699. The molecule has 4 nitrogen and oxygen atoms in total. The summed E-state index contributed by atoms with van der Waals surface area (Å²) in [5, 5.41) is 3.34. The van der Waals surface area contributed by atoms with E-state index < -0.39 is 5.82 Å². The average Bonchev–Trinajstić information content (AvgIpc) is 2.56. The Labute approximate surface area is 138 Å². The van der Waals surface area contributed by atoms with Crippen molar-refractivity contribution in [2.75, 3.05) is 36.5 Å². The number of hydrogen-bond donors (Lipinski definition) is 1. The molecular formula is C17H16ClFN2O2. The number of ether oxygens (including phenoxy) is 1. The fraction of sp³-hybridized carbons (Fsp3) is 0.235. The van der Waals surface area contributed by atoms with E-state index in [2.05, 4.69) is 10.2 Å². The third-order valence-corrected chi connectivity index (χ3v) is 3.92. The van der Waals surface area contributed by atoms with Crippen molar-refractivity contribution in [1.29, 1.82) is 0 Å². The van der Waals surface area contributed by atoms with Gasteiger partial charge in [-0.2, -0.15) is 0 Å². The number of rotatable bonds is 3. The van der Waals surface area contributed by atoms with E-state index in [1.165, 1.54) is 12.1 Å². The van der Waals surface area contributed by atoms with E-state index in [1.807, 2.05) is 0 Å². The molecule has 0 unspecified atom stereocenters. The summed E-state index contributed by atoms with van der Waals surface area (Å²) in [6.45, 7) is 2.63. The summed E-state index contributed by atoms with van der Waals surface area (Å²) in [4.78, 5) is 14.4. The van der Waals surface area contributed by atoms with Crippen molar-refractivity contribution in [2.24, 2.45) is 0 Å². The number of carbonyl (C=O) groups is 1. The fourth-order valence-corrected chi connectivity index (χ4v) is 2.61. The highest BCUT2D eigenvalue weighted by Gasteiger charge is 2.17. The van der Waals surface area contributed by atoms with E-state index in [0.717, 1.165) is 5.69 Å². The molecule has 0 saturated carbocycles. The Kier molecular flexibility index (Phi) is 4.79. The molecule has 3 rings (SSSR count). The molecule has 120 valence electrons. The van der Waals surface area contributed by atoms with E-state index >= 15 is 0 Å². The second-order valence-electron chi connectivity index (χ2n) is 5.22. The predicted octanol–water partition coefficient (Wildman–Crippen LogP) is 3.57. The molecule has 1 heterocycles. The number of halogens is 2. The van der Waals surface area contributed by atoms with Crippen molar-refractivity contribution in [2.45, 2.75) is 0 Å². The molecular weight excluding hydrogens is 319 g/mol. The van der Waals surface area contributed by atoms with Gasteiger partial charge in [0.05, 0.1) is 24.6 Å². The molecule has 6 heteroatoms. The van der Waals surface area contributed by atoms with Crippen LogP contribution >= 0.6 is 11.6 Å². The number of hydrogen-bond acceptors (Lipinski definition) is 3. The molecule has 1 N–H and O–H groups in total. The van der Waals surface area contributed by atoms with Crippen molar-refractivity contribution in [3.05, 3.63) is 58.9 Å². The SMILES string of the molecule is O=C(Nc1cc(F)ccc1N1CCOCC1)c1ccc(Cl)cc1. The summed E-state index contributed by atoms with van der Waals surface area (Å²) in [7, 11) is 0. The minimum Gasteiger partial charge on any atom is -0.378 e. The van der Waals surface area contributed by atoms with Crippen LogP contribution in [-0.4, -0.2) is 32.2 Å². The number of carbonyl (C=O) groups excluding carboxylic acids is 1. The summed E-state index contributed by atoms with van der Waals surface area (Å²) >= 11 is 5.82. The Morgan fingerprint density at radius 1 is 1.13 bits per heavy atom. The molecule has 1 fully saturated rings. The number of nitrogens with one attached hydrogen (secondary N) is 1. The smallest absolute Gasteiger partial charge is 0.255 e. The van der Waals surface area contributed by atoms with Crippen LogP contribution in [-0.2, 0) is 4.74 Å². The lowest BCUT2D eigenvalue weighted by atomic mass is 10.2. The van der Waals surface area contributed by atoms with Gasteiger partial charge in [-0.1, -0.05) is 11.6 Å². The first-order valence-electron chi connectivity index (χ1n) is 7.32. The quantitative estimate of drug-likeness (QED) is 0.933. The van der Waals surface area contributed by atoms with Gasteiger partial charge in [0, 0.05) is 23.7 Å². The van der Waals surface area contributed by atoms with E-state index in [9.17, 15) is 9.18 Å². The van der Waals surface area contributed by atoms with Crippen molar-refractivity contribution < 1.29 is 13.9 Å². The number of morpholine rings is 1. The van der Waals surface area contributed by atoms with Crippen molar-refractivity contribution >= 4 is 28.9 Å². The fourth-order valence-electron chi connectivity index (χ4n) is 2.48. The first-order valence-corrected chi connectivity index (χ1v) is 7.70. The summed E-state index contributed by atoms with van der Waals surface area (Å²) in [6, 6.07) is 11.0. The summed E-state index contributed by atoms with van der Waals surface area (Å²) in [5.41, 5.74) is 1.70. The molecule has 0 spiro atoms. The highest BCUT2D eigenvalue weighted by Crippen LogP contribution is 2.28. The van der Waals surface area contributed by atoms with Crippen LogP contribution < -0.4 is 10.2 Å². The third kappa shape index (κ3) is 3.81. The molecule has 1 amide bonds. The Morgan fingerprint density at radius 3 is 2.52 bits per heavy atom. The van der Waals surface area contributed by atoms with E-state index in [-0.39, 0.29) is 5.91 Å². The third-order valence-electron chi connectivity index (χ3n) is 3.66. The lowest BCUT2D eigenvalue weighted by Crippen LogP contribution is -2.36. The van der Waals surface area contributed by atoms with Crippen LogP contribution in [0, 0.1) is 5.82 Å². The Balaban J connectivity index is 1.84. The monoisotopic (exact) mass is 334 g/mol. The van der Waals surface area contributed by atoms with Gasteiger partial charge in [0.2, 0.25) is 0 Å². The molecule has 0 aliphatic carbocycles. The van der Waals surface area contributed by atoms with Gasteiger partial charge in [0.15, 0.2) is 0 Å². The van der Waals surface area contributed by atoms with Gasteiger partial charge in [0.25, 0.3) is 5.91 Å². The predicted molar refractivity (Wildman–Crippen MR) is 88.8 cm³/mol. The van der Waals surface area contributed by atoms with Crippen LogP contribution in [0.25, 0.3) is 0 Å². The molecule has 2 aromatic rings. The number of benzene rings is 2. The summed E-state index contributed by atoms with van der Waals surface area (Å²) < 4.78 is 18.9. The topological polar surface area (TPSA) is 41.6 Å². The Bertz CT molecular complexity index is 700. The largest absolute Gasteiger partial charge is 0.378 e. The second-order valence-corrected chi connectivity index (χ2v) is 5.66. The maximum atomic E-state index is 13.6. The molecule has 0 bridgehead atoms.